The number of nitrogens with zero attached hydrogens (tertiary/aromatic N) is 2. The third-order valence-electron chi connectivity index (χ3n) is 7.52. The average molecular weight is 537 g/mol. The molecule has 10 heteroatoms. The topological polar surface area (TPSA) is 120 Å². The van der Waals surface area contributed by atoms with Gasteiger partial charge < -0.3 is 35.6 Å². The van der Waals surface area contributed by atoms with Crippen molar-refractivity contribution in [1.82, 2.24) is 20.9 Å². The molecule has 1 aliphatic carbocycles. The summed E-state index contributed by atoms with van der Waals surface area (Å²) < 4.78 is 17.1. The lowest BCUT2D eigenvalue weighted by molar-refractivity contribution is 0.0316. The van der Waals surface area contributed by atoms with E-state index < -0.39 is 0 Å². The van der Waals surface area contributed by atoms with Crippen molar-refractivity contribution in [2.75, 3.05) is 59.2 Å². The first-order valence-electron chi connectivity index (χ1n) is 14.1. The number of ether oxygens (including phenoxy) is 3. The average Bonchev–Trinajstić information content (AvgIpc) is 3.77. The number of amides is 1. The highest BCUT2D eigenvalue weighted by Crippen LogP contribution is 2.24. The van der Waals surface area contributed by atoms with E-state index in [4.69, 9.17) is 24.6 Å². The van der Waals surface area contributed by atoms with Crippen LogP contribution in [-0.4, -0.2) is 88.2 Å². The van der Waals surface area contributed by atoms with Crippen LogP contribution >= 0.6 is 0 Å². The standard InChI is InChI=1S/C29H40N6O4/c1-20-16-22(2-5-24(20)29(36)32-23-3-4-23)25(18-30)28-33-26(31-19-21-6-11-37-12-7-21)17-27(34-28)39-15-10-35-8-13-38-14-9-35/h2,5,16-18,21,23,30-31,33H,3-4,6-15,19H2,1H3,(H,32,36)/b28-25-,30-18?. The first-order valence-corrected chi connectivity index (χ1v) is 14.1. The van der Waals surface area contributed by atoms with E-state index in [2.05, 4.69) is 20.9 Å². The van der Waals surface area contributed by atoms with Gasteiger partial charge in [-0.25, -0.2) is 0 Å². The minimum atomic E-state index is -0.0436. The molecule has 3 heterocycles. The number of aliphatic imine (C=N–C) groups is 1. The number of carbonyl (C=O) groups is 1. The second kappa shape index (κ2) is 13.2. The number of rotatable bonds is 10. The van der Waals surface area contributed by atoms with E-state index in [9.17, 15) is 4.79 Å². The van der Waals surface area contributed by atoms with Gasteiger partial charge in [-0.05, 0) is 55.7 Å². The van der Waals surface area contributed by atoms with E-state index in [-0.39, 0.29) is 5.91 Å². The van der Waals surface area contributed by atoms with Crippen LogP contribution in [0.15, 0.2) is 40.9 Å². The minimum absolute atomic E-state index is 0.0436. The van der Waals surface area contributed by atoms with E-state index in [1.807, 2.05) is 31.2 Å². The molecule has 4 N–H and O–H groups in total. The molecule has 1 amide bonds. The zero-order valence-corrected chi connectivity index (χ0v) is 22.8. The van der Waals surface area contributed by atoms with Gasteiger partial charge in [-0.1, -0.05) is 12.1 Å². The predicted octanol–water partition coefficient (Wildman–Crippen LogP) is 2.41. The molecule has 1 aromatic rings. The third-order valence-corrected chi connectivity index (χ3v) is 7.52. The maximum Gasteiger partial charge on any atom is 0.251 e. The lowest BCUT2D eigenvalue weighted by Crippen LogP contribution is -2.39. The predicted molar refractivity (Wildman–Crippen MR) is 151 cm³/mol. The molecular formula is C29H40N6O4. The van der Waals surface area contributed by atoms with Crippen LogP contribution in [0.5, 0.6) is 0 Å². The molecule has 3 fully saturated rings. The summed E-state index contributed by atoms with van der Waals surface area (Å²) in [5.74, 6) is 2.33. The van der Waals surface area contributed by atoms with Gasteiger partial charge in [0.1, 0.15) is 18.2 Å². The van der Waals surface area contributed by atoms with Gasteiger partial charge in [0.2, 0.25) is 5.90 Å². The summed E-state index contributed by atoms with van der Waals surface area (Å²) in [6, 6.07) is 5.96. The highest BCUT2D eigenvalue weighted by Gasteiger charge is 2.25. The van der Waals surface area contributed by atoms with Crippen molar-refractivity contribution in [3.05, 3.63) is 52.6 Å². The summed E-state index contributed by atoms with van der Waals surface area (Å²) in [6.07, 6.45) is 7.35. The molecule has 0 radical (unpaired) electrons. The number of hydrogen-bond donors (Lipinski definition) is 4. The SMILES string of the molecule is Cc1cc(/C(C=N)=C2\N=C(OCCN3CCOCC3)C=C(NCC3CCOCC3)N2)ccc1C(=O)NC1CC1. The van der Waals surface area contributed by atoms with Crippen molar-refractivity contribution in [1.29, 1.82) is 5.41 Å². The Bertz CT molecular complexity index is 1130. The maximum absolute atomic E-state index is 12.6. The van der Waals surface area contributed by atoms with Gasteiger partial charge in [-0.2, -0.15) is 4.99 Å². The fourth-order valence-corrected chi connectivity index (χ4v) is 4.93. The molecule has 1 aromatic carbocycles. The van der Waals surface area contributed by atoms with Crippen LogP contribution in [0.4, 0.5) is 0 Å². The summed E-state index contributed by atoms with van der Waals surface area (Å²) in [4.78, 5) is 19.7. The van der Waals surface area contributed by atoms with E-state index in [0.29, 0.717) is 41.4 Å². The van der Waals surface area contributed by atoms with Crippen LogP contribution in [0.25, 0.3) is 5.57 Å². The molecule has 3 aliphatic heterocycles. The molecule has 0 aromatic heterocycles. The second-order valence-corrected chi connectivity index (χ2v) is 10.6. The maximum atomic E-state index is 12.6. The lowest BCUT2D eigenvalue weighted by atomic mass is 9.99. The number of allylic oxidation sites excluding steroid dienone is 1. The summed E-state index contributed by atoms with van der Waals surface area (Å²) in [5.41, 5.74) is 2.96. The van der Waals surface area contributed by atoms with Crippen LogP contribution in [0.2, 0.25) is 0 Å². The molecule has 10 nitrogen and oxygen atoms in total. The van der Waals surface area contributed by atoms with Crippen LogP contribution in [0.3, 0.4) is 0 Å². The highest BCUT2D eigenvalue weighted by molar-refractivity contribution is 6.10. The van der Waals surface area contributed by atoms with Crippen molar-refractivity contribution in [3.8, 4) is 0 Å². The van der Waals surface area contributed by atoms with Crippen LogP contribution < -0.4 is 16.0 Å². The van der Waals surface area contributed by atoms with Gasteiger partial charge in [0.15, 0.2) is 0 Å². The molecule has 5 rings (SSSR count). The number of morpholine rings is 1. The normalized spacial score (nSPS) is 21.8. The van der Waals surface area contributed by atoms with Gasteiger partial charge in [-0.3, -0.25) is 9.69 Å². The number of nitrogens with one attached hydrogen (secondary N) is 4. The smallest absolute Gasteiger partial charge is 0.251 e. The van der Waals surface area contributed by atoms with Crippen LogP contribution in [-0.2, 0) is 14.2 Å². The number of aryl methyl sites for hydroxylation is 1. The Morgan fingerprint density at radius 2 is 1.95 bits per heavy atom. The lowest BCUT2D eigenvalue weighted by Gasteiger charge is -2.27. The quantitative estimate of drug-likeness (QED) is 0.339. The molecule has 2 saturated heterocycles. The first kappa shape index (κ1) is 27.4. The summed E-state index contributed by atoms with van der Waals surface area (Å²) >= 11 is 0. The highest BCUT2D eigenvalue weighted by atomic mass is 16.5. The molecule has 39 heavy (non-hydrogen) atoms. The van der Waals surface area contributed by atoms with Crippen LogP contribution in [0, 0.1) is 18.3 Å². The Morgan fingerprint density at radius 1 is 1.18 bits per heavy atom. The Labute approximate surface area is 230 Å². The van der Waals surface area contributed by atoms with Gasteiger partial charge in [-0.15, -0.1) is 0 Å². The number of carbonyl (C=O) groups excluding carboxylic acids is 1. The molecule has 0 bridgehead atoms. The third kappa shape index (κ3) is 7.68. The minimum Gasteiger partial charge on any atom is -0.476 e. The summed E-state index contributed by atoms with van der Waals surface area (Å²) in [6.45, 7) is 8.97. The molecular weight excluding hydrogens is 496 g/mol. The first-order chi connectivity index (χ1) is 19.1. The van der Waals surface area contributed by atoms with E-state index in [1.54, 1.807) is 0 Å². The van der Waals surface area contributed by atoms with Crippen molar-refractivity contribution in [3.63, 3.8) is 0 Å². The van der Waals surface area contributed by atoms with Gasteiger partial charge in [0.05, 0.1) is 13.2 Å². The number of benzene rings is 1. The zero-order valence-electron chi connectivity index (χ0n) is 22.8. The van der Waals surface area contributed by atoms with E-state index >= 15 is 0 Å². The second-order valence-electron chi connectivity index (χ2n) is 10.6. The molecule has 0 spiro atoms. The molecule has 210 valence electrons. The van der Waals surface area contributed by atoms with Crippen LogP contribution in [0.1, 0.15) is 47.2 Å². The molecule has 0 unspecified atom stereocenters. The summed E-state index contributed by atoms with van der Waals surface area (Å²) in [5, 5.41) is 18.2. The fraction of sp³-hybridized carbons (Fsp3) is 0.552. The largest absolute Gasteiger partial charge is 0.476 e. The van der Waals surface area contributed by atoms with Crippen molar-refractivity contribution in [2.45, 2.75) is 38.6 Å². The van der Waals surface area contributed by atoms with Crippen molar-refractivity contribution < 1.29 is 19.0 Å². The molecule has 1 saturated carbocycles. The van der Waals surface area contributed by atoms with Gasteiger partial charge >= 0.3 is 0 Å². The van der Waals surface area contributed by atoms with E-state index in [1.165, 1.54) is 6.21 Å². The Balaban J connectivity index is 1.33. The monoisotopic (exact) mass is 536 g/mol. The zero-order chi connectivity index (χ0) is 27.0. The van der Waals surface area contributed by atoms with Gasteiger partial charge in [0.25, 0.3) is 5.91 Å². The number of hydrogen-bond acceptors (Lipinski definition) is 9. The Hall–Kier alpha value is -3.21. The Kier molecular flexibility index (Phi) is 9.28. The summed E-state index contributed by atoms with van der Waals surface area (Å²) in [7, 11) is 0. The van der Waals surface area contributed by atoms with Gasteiger partial charge in [0, 0.05) is 68.9 Å². The van der Waals surface area contributed by atoms with Crippen molar-refractivity contribution >= 4 is 23.6 Å². The van der Waals surface area contributed by atoms with Crippen molar-refractivity contribution in [2.24, 2.45) is 10.9 Å². The molecule has 0 atom stereocenters. The fourth-order valence-electron chi connectivity index (χ4n) is 4.93. The molecule has 4 aliphatic rings. The van der Waals surface area contributed by atoms with E-state index in [0.717, 1.165) is 95.2 Å². The Morgan fingerprint density at radius 3 is 2.67 bits per heavy atom.